The van der Waals surface area contributed by atoms with E-state index in [2.05, 4.69) is 0 Å². The Morgan fingerprint density at radius 2 is 1.75 bits per heavy atom. The van der Waals surface area contributed by atoms with E-state index >= 15 is 0 Å². The van der Waals surface area contributed by atoms with Crippen LogP contribution in [0.4, 0.5) is 13.2 Å². The quantitative estimate of drug-likeness (QED) is 0.792. The molecule has 0 aromatic heterocycles. The molecule has 0 bridgehead atoms. The van der Waals surface area contributed by atoms with E-state index in [4.69, 9.17) is 0 Å². The third-order valence-electron chi connectivity index (χ3n) is 4.83. The van der Waals surface area contributed by atoms with Crippen molar-refractivity contribution in [2.45, 2.75) is 38.1 Å². The van der Waals surface area contributed by atoms with E-state index in [0.717, 1.165) is 19.0 Å². The molecular formula is C17H19F3N2O2. The van der Waals surface area contributed by atoms with E-state index in [0.29, 0.717) is 38.4 Å². The van der Waals surface area contributed by atoms with Gasteiger partial charge in [0, 0.05) is 37.7 Å². The van der Waals surface area contributed by atoms with Crippen LogP contribution in [0.1, 0.15) is 31.2 Å². The Labute approximate surface area is 138 Å². The summed E-state index contributed by atoms with van der Waals surface area (Å²) in [7, 11) is 0. The number of hydrogen-bond donors (Lipinski definition) is 0. The molecule has 0 atom stereocenters. The Kier molecular flexibility index (Phi) is 4.78. The molecule has 0 aliphatic carbocycles. The predicted octanol–water partition coefficient (Wildman–Crippen LogP) is 2.26. The van der Waals surface area contributed by atoms with E-state index in [1.165, 1.54) is 4.90 Å². The van der Waals surface area contributed by atoms with Gasteiger partial charge in [-0.05, 0) is 31.4 Å². The first kappa shape index (κ1) is 16.8. The summed E-state index contributed by atoms with van der Waals surface area (Å²) in [5.41, 5.74) is -0.531. The molecule has 0 saturated carbocycles. The van der Waals surface area contributed by atoms with Gasteiger partial charge in [-0.3, -0.25) is 9.59 Å². The molecule has 130 valence electrons. The zero-order valence-electron chi connectivity index (χ0n) is 13.2. The van der Waals surface area contributed by atoms with Gasteiger partial charge in [-0.2, -0.15) is 0 Å². The van der Waals surface area contributed by atoms with E-state index in [1.807, 2.05) is 4.90 Å². The van der Waals surface area contributed by atoms with E-state index < -0.39 is 35.3 Å². The van der Waals surface area contributed by atoms with Crippen molar-refractivity contribution >= 4 is 11.8 Å². The highest BCUT2D eigenvalue weighted by Crippen LogP contribution is 2.23. The van der Waals surface area contributed by atoms with Crippen molar-refractivity contribution in [1.29, 1.82) is 0 Å². The number of halogens is 3. The van der Waals surface area contributed by atoms with Gasteiger partial charge in [-0.25, -0.2) is 13.2 Å². The molecule has 1 aromatic rings. The first-order chi connectivity index (χ1) is 11.5. The maximum Gasteiger partial charge on any atom is 0.227 e. The summed E-state index contributed by atoms with van der Waals surface area (Å²) in [6.45, 7) is 1.63. The number of nitrogens with zero attached hydrogens (tertiary/aromatic N) is 2. The average molecular weight is 340 g/mol. The van der Waals surface area contributed by atoms with Crippen molar-refractivity contribution in [3.05, 3.63) is 35.1 Å². The van der Waals surface area contributed by atoms with Crippen LogP contribution < -0.4 is 0 Å². The van der Waals surface area contributed by atoms with Gasteiger partial charge in [0.15, 0.2) is 11.6 Å². The molecule has 0 radical (unpaired) electrons. The maximum atomic E-state index is 13.7. The Balaban J connectivity index is 1.60. The summed E-state index contributed by atoms with van der Waals surface area (Å²) in [5, 5.41) is 0. The number of amides is 2. The third kappa shape index (κ3) is 3.25. The predicted molar refractivity (Wildman–Crippen MR) is 80.6 cm³/mol. The van der Waals surface area contributed by atoms with E-state index in [-0.39, 0.29) is 11.9 Å². The van der Waals surface area contributed by atoms with Gasteiger partial charge in [0.05, 0.1) is 6.42 Å². The number of likely N-dealkylation sites (tertiary alicyclic amines) is 2. The van der Waals surface area contributed by atoms with Crippen LogP contribution in [0.25, 0.3) is 0 Å². The summed E-state index contributed by atoms with van der Waals surface area (Å²) in [5.74, 6) is -3.65. The van der Waals surface area contributed by atoms with Crippen molar-refractivity contribution in [2.24, 2.45) is 0 Å². The molecule has 1 aromatic carbocycles. The smallest absolute Gasteiger partial charge is 0.227 e. The highest BCUT2D eigenvalue weighted by molar-refractivity contribution is 5.80. The SMILES string of the molecule is O=C(Cc1c(F)ccc(F)c1F)N1CCC(N2CCCC2=O)CC1. The minimum Gasteiger partial charge on any atom is -0.342 e. The second-order valence-electron chi connectivity index (χ2n) is 6.30. The number of hydrogen-bond acceptors (Lipinski definition) is 2. The topological polar surface area (TPSA) is 40.6 Å². The molecule has 2 fully saturated rings. The maximum absolute atomic E-state index is 13.7. The van der Waals surface area contributed by atoms with Crippen LogP contribution in [-0.4, -0.2) is 47.3 Å². The summed E-state index contributed by atoms with van der Waals surface area (Å²) in [6.07, 6.45) is 2.27. The van der Waals surface area contributed by atoms with Crippen LogP contribution in [0.15, 0.2) is 12.1 Å². The lowest BCUT2D eigenvalue weighted by Crippen LogP contribution is -2.47. The summed E-state index contributed by atoms with van der Waals surface area (Å²) in [6, 6.07) is 1.66. The van der Waals surface area contributed by atoms with Gasteiger partial charge in [0.2, 0.25) is 11.8 Å². The second kappa shape index (κ2) is 6.83. The van der Waals surface area contributed by atoms with Crippen molar-refractivity contribution in [3.63, 3.8) is 0 Å². The Hall–Kier alpha value is -2.05. The number of carbonyl (C=O) groups excluding carboxylic acids is 2. The molecule has 2 aliphatic rings. The van der Waals surface area contributed by atoms with Gasteiger partial charge >= 0.3 is 0 Å². The highest BCUT2D eigenvalue weighted by atomic mass is 19.2. The van der Waals surface area contributed by atoms with Gasteiger partial charge < -0.3 is 9.80 Å². The van der Waals surface area contributed by atoms with Crippen molar-refractivity contribution in [3.8, 4) is 0 Å². The van der Waals surface area contributed by atoms with Crippen LogP contribution in [0.2, 0.25) is 0 Å². The lowest BCUT2D eigenvalue weighted by molar-refractivity contribution is -0.134. The van der Waals surface area contributed by atoms with Crippen LogP contribution in [-0.2, 0) is 16.0 Å². The van der Waals surface area contributed by atoms with Gasteiger partial charge in [-0.15, -0.1) is 0 Å². The molecule has 2 amide bonds. The van der Waals surface area contributed by atoms with Crippen molar-refractivity contribution in [2.75, 3.05) is 19.6 Å². The summed E-state index contributed by atoms with van der Waals surface area (Å²) in [4.78, 5) is 27.4. The highest BCUT2D eigenvalue weighted by Gasteiger charge is 2.32. The van der Waals surface area contributed by atoms with Gasteiger partial charge in [0.1, 0.15) is 5.82 Å². The van der Waals surface area contributed by atoms with E-state index in [9.17, 15) is 22.8 Å². The third-order valence-corrected chi connectivity index (χ3v) is 4.83. The number of piperidine rings is 1. The Morgan fingerprint density at radius 1 is 1.08 bits per heavy atom. The lowest BCUT2D eigenvalue weighted by Gasteiger charge is -2.36. The minimum absolute atomic E-state index is 0.131. The number of carbonyl (C=O) groups is 2. The fourth-order valence-electron chi connectivity index (χ4n) is 3.48. The monoisotopic (exact) mass is 340 g/mol. The normalized spacial score (nSPS) is 19.2. The molecule has 2 heterocycles. The van der Waals surface area contributed by atoms with Gasteiger partial charge in [0.25, 0.3) is 0 Å². The van der Waals surface area contributed by atoms with E-state index in [1.54, 1.807) is 0 Å². The molecule has 24 heavy (non-hydrogen) atoms. The van der Waals surface area contributed by atoms with Crippen molar-refractivity contribution in [1.82, 2.24) is 9.80 Å². The van der Waals surface area contributed by atoms with Gasteiger partial charge in [-0.1, -0.05) is 0 Å². The number of rotatable bonds is 3. The standard InChI is InChI=1S/C17H19F3N2O2/c18-13-3-4-14(19)17(20)12(13)10-16(24)21-8-5-11(6-9-21)22-7-1-2-15(22)23/h3-4,11H,1-2,5-10H2. The summed E-state index contributed by atoms with van der Waals surface area (Å²) >= 11 is 0. The van der Waals surface area contributed by atoms with Crippen molar-refractivity contribution < 1.29 is 22.8 Å². The minimum atomic E-state index is -1.30. The van der Waals surface area contributed by atoms with Crippen LogP contribution in [0, 0.1) is 17.5 Å². The molecule has 2 saturated heterocycles. The zero-order valence-corrected chi connectivity index (χ0v) is 13.2. The van der Waals surface area contributed by atoms with Crippen LogP contribution >= 0.6 is 0 Å². The largest absolute Gasteiger partial charge is 0.342 e. The molecule has 2 aliphatic heterocycles. The molecule has 7 heteroatoms. The molecular weight excluding hydrogens is 321 g/mol. The Morgan fingerprint density at radius 3 is 2.38 bits per heavy atom. The first-order valence-electron chi connectivity index (χ1n) is 8.17. The molecule has 0 N–H and O–H groups in total. The van der Waals surface area contributed by atoms with Crippen LogP contribution in [0.3, 0.4) is 0 Å². The van der Waals surface area contributed by atoms with Crippen LogP contribution in [0.5, 0.6) is 0 Å². The fourth-order valence-corrected chi connectivity index (χ4v) is 3.48. The molecule has 0 spiro atoms. The summed E-state index contributed by atoms with van der Waals surface area (Å²) < 4.78 is 40.5. The molecule has 3 rings (SSSR count). The average Bonchev–Trinajstić information content (AvgIpc) is 3.01. The zero-order chi connectivity index (χ0) is 17.3. The first-order valence-corrected chi connectivity index (χ1v) is 8.17. The fraction of sp³-hybridized carbons (Fsp3) is 0.529. The second-order valence-corrected chi connectivity index (χ2v) is 6.30. The number of benzene rings is 1. The Bertz CT molecular complexity index is 657. The molecule has 4 nitrogen and oxygen atoms in total. The molecule has 0 unspecified atom stereocenters. The lowest BCUT2D eigenvalue weighted by atomic mass is 10.0.